The molecule has 1 N–H and O–H groups in total. The number of carbonyl (C=O) groups excluding carboxylic acids is 1. The quantitative estimate of drug-likeness (QED) is 0.501. The van der Waals surface area contributed by atoms with Gasteiger partial charge in [-0.2, -0.15) is 10.1 Å². The number of nitrogens with one attached hydrogen (secondary N) is 1. The van der Waals surface area contributed by atoms with Gasteiger partial charge in [0, 0.05) is 30.8 Å². The van der Waals surface area contributed by atoms with Crippen LogP contribution in [-0.4, -0.2) is 30.8 Å². The van der Waals surface area contributed by atoms with Crippen molar-refractivity contribution in [1.29, 1.82) is 0 Å². The van der Waals surface area contributed by atoms with Crippen LogP contribution in [0.2, 0.25) is 0 Å². The van der Waals surface area contributed by atoms with Crippen molar-refractivity contribution in [3.05, 3.63) is 72.5 Å². The van der Waals surface area contributed by atoms with E-state index in [4.69, 9.17) is 4.52 Å². The van der Waals surface area contributed by atoms with Crippen molar-refractivity contribution in [2.24, 2.45) is 0 Å². The van der Waals surface area contributed by atoms with Gasteiger partial charge < -0.3 is 9.84 Å². The Labute approximate surface area is 174 Å². The van der Waals surface area contributed by atoms with E-state index >= 15 is 0 Å². The van der Waals surface area contributed by atoms with E-state index in [1.165, 1.54) is 5.56 Å². The molecular weight excluding hydrogens is 380 g/mol. The molecule has 3 heterocycles. The molecule has 0 aliphatic heterocycles. The number of amides is 1. The Morgan fingerprint density at radius 1 is 1.17 bits per heavy atom. The van der Waals surface area contributed by atoms with Crippen molar-refractivity contribution in [2.75, 3.05) is 5.32 Å². The van der Waals surface area contributed by atoms with Crippen LogP contribution in [0.5, 0.6) is 0 Å². The molecule has 1 amide bonds. The summed E-state index contributed by atoms with van der Waals surface area (Å²) < 4.78 is 6.94. The summed E-state index contributed by atoms with van der Waals surface area (Å²) >= 11 is 0. The van der Waals surface area contributed by atoms with Gasteiger partial charge in [0.1, 0.15) is 0 Å². The lowest BCUT2D eigenvalue weighted by atomic mass is 10.0. The second-order valence-electron chi connectivity index (χ2n) is 7.19. The Bertz CT molecular complexity index is 1100. The SMILES string of the molecule is CC(C)c1ccc(-c2noc(CCC(=O)Nc3ccc(-n4cccn4)nc3)n2)cc1. The Hall–Kier alpha value is -3.81. The summed E-state index contributed by atoms with van der Waals surface area (Å²) in [6, 6.07) is 13.5. The van der Waals surface area contributed by atoms with Gasteiger partial charge in [0.05, 0.1) is 11.9 Å². The molecule has 0 saturated heterocycles. The van der Waals surface area contributed by atoms with Crippen LogP contribution in [0, 0.1) is 0 Å². The minimum absolute atomic E-state index is 0.148. The molecule has 0 aliphatic carbocycles. The first kappa shape index (κ1) is 19.5. The van der Waals surface area contributed by atoms with Gasteiger partial charge in [-0.05, 0) is 29.7 Å². The highest BCUT2D eigenvalue weighted by Gasteiger charge is 2.12. The Balaban J connectivity index is 1.31. The third-order valence-corrected chi connectivity index (χ3v) is 4.64. The molecule has 4 aromatic rings. The maximum Gasteiger partial charge on any atom is 0.227 e. The first-order valence-corrected chi connectivity index (χ1v) is 9.77. The van der Waals surface area contributed by atoms with Crippen molar-refractivity contribution in [3.8, 4) is 17.2 Å². The van der Waals surface area contributed by atoms with Crippen LogP contribution in [0.4, 0.5) is 5.69 Å². The number of aryl methyl sites for hydroxylation is 1. The van der Waals surface area contributed by atoms with Crippen LogP contribution < -0.4 is 5.32 Å². The van der Waals surface area contributed by atoms with E-state index in [9.17, 15) is 4.79 Å². The van der Waals surface area contributed by atoms with Gasteiger partial charge in [-0.3, -0.25) is 4.79 Å². The molecule has 0 radical (unpaired) electrons. The van der Waals surface area contributed by atoms with Gasteiger partial charge in [-0.25, -0.2) is 9.67 Å². The third kappa shape index (κ3) is 4.60. The molecule has 0 spiro atoms. The number of carbonyl (C=O) groups is 1. The predicted octanol–water partition coefficient (Wildman–Crippen LogP) is 4.01. The van der Waals surface area contributed by atoms with Crippen LogP contribution in [0.3, 0.4) is 0 Å². The van der Waals surface area contributed by atoms with Crippen molar-refractivity contribution in [2.45, 2.75) is 32.6 Å². The highest BCUT2D eigenvalue weighted by Crippen LogP contribution is 2.21. The maximum atomic E-state index is 12.2. The zero-order chi connectivity index (χ0) is 20.9. The predicted molar refractivity (Wildman–Crippen MR) is 112 cm³/mol. The van der Waals surface area contributed by atoms with Crippen LogP contribution in [0.15, 0.2) is 65.6 Å². The molecule has 0 saturated carbocycles. The van der Waals surface area contributed by atoms with E-state index in [1.807, 2.05) is 18.2 Å². The molecule has 8 nitrogen and oxygen atoms in total. The van der Waals surface area contributed by atoms with Crippen molar-refractivity contribution < 1.29 is 9.32 Å². The molecule has 30 heavy (non-hydrogen) atoms. The Morgan fingerprint density at radius 2 is 2.00 bits per heavy atom. The largest absolute Gasteiger partial charge is 0.339 e. The number of hydrogen-bond donors (Lipinski definition) is 1. The first-order chi connectivity index (χ1) is 14.6. The average Bonchev–Trinajstić information content (AvgIpc) is 3.45. The standard InChI is InChI=1S/C22H22N6O2/c1-15(2)16-4-6-17(7-5-16)22-26-21(30-27-22)11-10-20(29)25-18-8-9-19(23-14-18)28-13-3-12-24-28/h3-9,12-15H,10-11H2,1-2H3,(H,25,29). The summed E-state index contributed by atoms with van der Waals surface area (Å²) in [7, 11) is 0. The second-order valence-corrected chi connectivity index (χ2v) is 7.19. The van der Waals surface area contributed by atoms with Gasteiger partial charge in [0.25, 0.3) is 0 Å². The van der Waals surface area contributed by atoms with Gasteiger partial charge in [-0.15, -0.1) is 0 Å². The minimum atomic E-state index is -0.148. The summed E-state index contributed by atoms with van der Waals surface area (Å²) in [4.78, 5) is 20.9. The average molecular weight is 402 g/mol. The molecule has 3 aromatic heterocycles. The molecule has 4 rings (SSSR count). The zero-order valence-electron chi connectivity index (χ0n) is 16.8. The summed E-state index contributed by atoms with van der Waals surface area (Å²) in [6.45, 7) is 4.30. The van der Waals surface area contributed by atoms with E-state index in [1.54, 1.807) is 35.4 Å². The molecule has 0 unspecified atom stereocenters. The van der Waals surface area contributed by atoms with E-state index in [0.29, 0.717) is 35.6 Å². The number of pyridine rings is 1. The lowest BCUT2D eigenvalue weighted by Gasteiger charge is -2.05. The fourth-order valence-electron chi connectivity index (χ4n) is 2.93. The number of benzene rings is 1. The topological polar surface area (TPSA) is 98.7 Å². The lowest BCUT2D eigenvalue weighted by molar-refractivity contribution is -0.116. The molecule has 0 bridgehead atoms. The van der Waals surface area contributed by atoms with E-state index < -0.39 is 0 Å². The van der Waals surface area contributed by atoms with Crippen LogP contribution >= 0.6 is 0 Å². The first-order valence-electron chi connectivity index (χ1n) is 9.77. The van der Waals surface area contributed by atoms with Crippen molar-refractivity contribution in [1.82, 2.24) is 24.9 Å². The smallest absolute Gasteiger partial charge is 0.227 e. The monoisotopic (exact) mass is 402 g/mol. The molecule has 0 aliphatic rings. The normalized spacial score (nSPS) is 11.0. The second kappa shape index (κ2) is 8.69. The fraction of sp³-hybridized carbons (Fsp3) is 0.227. The van der Waals surface area contributed by atoms with E-state index in [-0.39, 0.29) is 12.3 Å². The molecular formula is C22H22N6O2. The van der Waals surface area contributed by atoms with Gasteiger partial charge >= 0.3 is 0 Å². The van der Waals surface area contributed by atoms with Crippen LogP contribution in [-0.2, 0) is 11.2 Å². The third-order valence-electron chi connectivity index (χ3n) is 4.64. The molecule has 1 aromatic carbocycles. The highest BCUT2D eigenvalue weighted by molar-refractivity contribution is 5.90. The van der Waals surface area contributed by atoms with Gasteiger partial charge in [0.2, 0.25) is 17.6 Å². The van der Waals surface area contributed by atoms with Crippen LogP contribution in [0.1, 0.15) is 37.6 Å². The summed E-state index contributed by atoms with van der Waals surface area (Å²) in [5, 5.41) is 11.0. The Morgan fingerprint density at radius 3 is 2.67 bits per heavy atom. The van der Waals surface area contributed by atoms with Gasteiger partial charge in [-0.1, -0.05) is 43.3 Å². The number of hydrogen-bond acceptors (Lipinski definition) is 6. The molecule has 0 fully saturated rings. The summed E-state index contributed by atoms with van der Waals surface area (Å²) in [5.41, 5.74) is 2.76. The van der Waals surface area contributed by atoms with Crippen LogP contribution in [0.25, 0.3) is 17.2 Å². The zero-order valence-corrected chi connectivity index (χ0v) is 16.8. The number of nitrogens with zero attached hydrogens (tertiary/aromatic N) is 5. The number of rotatable bonds is 7. The molecule has 0 atom stereocenters. The van der Waals surface area contributed by atoms with E-state index in [0.717, 1.165) is 5.56 Å². The van der Waals surface area contributed by atoms with Crippen molar-refractivity contribution >= 4 is 11.6 Å². The fourth-order valence-corrected chi connectivity index (χ4v) is 2.93. The maximum absolute atomic E-state index is 12.2. The summed E-state index contributed by atoms with van der Waals surface area (Å²) in [6.07, 6.45) is 5.68. The van der Waals surface area contributed by atoms with Crippen molar-refractivity contribution in [3.63, 3.8) is 0 Å². The van der Waals surface area contributed by atoms with E-state index in [2.05, 4.69) is 51.5 Å². The lowest BCUT2D eigenvalue weighted by Crippen LogP contribution is -2.13. The molecule has 8 heteroatoms. The Kier molecular flexibility index (Phi) is 5.65. The minimum Gasteiger partial charge on any atom is -0.339 e. The molecule has 152 valence electrons. The van der Waals surface area contributed by atoms with Gasteiger partial charge in [0.15, 0.2) is 5.82 Å². The number of anilines is 1. The number of aromatic nitrogens is 5. The highest BCUT2D eigenvalue weighted by atomic mass is 16.5. The summed E-state index contributed by atoms with van der Waals surface area (Å²) in [5.74, 6) is 1.96.